The highest BCUT2D eigenvalue weighted by Gasteiger charge is 1.57. The second-order valence-electron chi connectivity index (χ2n) is 0.724. The molecule has 0 aromatic heterocycles. The van der Waals surface area contributed by atoms with Gasteiger partial charge in [-0.3, -0.25) is 0 Å². The summed E-state index contributed by atoms with van der Waals surface area (Å²) in [4.78, 5) is 0. The minimum atomic E-state index is 0. The van der Waals surface area contributed by atoms with Crippen LogP contribution in [-0.2, 0) is 0 Å². The number of hydrogen-bond donors (Lipinski definition) is 1. The van der Waals surface area contributed by atoms with Gasteiger partial charge in [-0.2, -0.15) is 0 Å². The number of rotatable bonds is 1. The third kappa shape index (κ3) is 18.9. The predicted octanol–water partition coefficient (Wildman–Crippen LogP) is 0.0504. The molecule has 0 atom stereocenters. The van der Waals surface area contributed by atoms with E-state index >= 15 is 0 Å². The van der Waals surface area contributed by atoms with Crippen LogP contribution in [0.25, 0.3) is 0 Å². The van der Waals surface area contributed by atoms with Crippen LogP contribution in [0.3, 0.4) is 0 Å². The first kappa shape index (κ1) is 15.7. The summed E-state index contributed by atoms with van der Waals surface area (Å²) in [5.74, 6) is 0. The Kier molecular flexibility index (Phi) is 42.8. The van der Waals surface area contributed by atoms with Gasteiger partial charge in [0.1, 0.15) is 0 Å². The number of aliphatic hydroxyl groups is 1. The van der Waals surface area contributed by atoms with Crippen molar-refractivity contribution in [3.05, 3.63) is 0 Å². The Morgan fingerprint density at radius 2 is 1.67 bits per heavy atom. The first-order chi connectivity index (χ1) is 1.91. The van der Waals surface area contributed by atoms with Crippen LogP contribution in [0.15, 0.2) is 0 Å². The van der Waals surface area contributed by atoms with E-state index in [1.807, 2.05) is 6.92 Å². The number of halogens is 1. The van der Waals surface area contributed by atoms with Crippen molar-refractivity contribution < 1.29 is 5.11 Å². The molecule has 0 fully saturated rings. The zero-order chi connectivity index (χ0) is 3.41. The van der Waals surface area contributed by atoms with Gasteiger partial charge in [0.2, 0.25) is 0 Å². The van der Waals surface area contributed by atoms with E-state index in [0.29, 0.717) is 6.61 Å². The van der Waals surface area contributed by atoms with Crippen LogP contribution >= 0.6 is 17.0 Å². The molecule has 3 heteroatoms. The van der Waals surface area contributed by atoms with E-state index in [2.05, 4.69) is 0 Å². The molecule has 1 nitrogen and oxygen atoms in total. The summed E-state index contributed by atoms with van der Waals surface area (Å²) in [6.07, 6.45) is 0.875. The summed E-state index contributed by atoms with van der Waals surface area (Å²) < 4.78 is 0. The standard InChI is InChI=1S/C3H8O.BrH.Mg.2H/c1-2-3-4;;;;/h4H,2-3H2,1H3;1H;;;. The van der Waals surface area contributed by atoms with Crippen molar-refractivity contribution in [2.24, 2.45) is 0 Å². The quantitative estimate of drug-likeness (QED) is 0.547. The van der Waals surface area contributed by atoms with Crippen molar-refractivity contribution in [3.63, 3.8) is 0 Å². The van der Waals surface area contributed by atoms with E-state index in [0.717, 1.165) is 6.42 Å². The van der Waals surface area contributed by atoms with Crippen molar-refractivity contribution in [2.45, 2.75) is 13.3 Å². The molecule has 0 aromatic carbocycles. The third-order valence-electron chi connectivity index (χ3n) is 0.224. The molecular formula is C3H11BrMgO. The molecule has 0 amide bonds. The predicted molar refractivity (Wildman–Crippen MR) is 36.2 cm³/mol. The maximum absolute atomic E-state index is 7.88. The van der Waals surface area contributed by atoms with Gasteiger partial charge >= 0.3 is 23.1 Å². The summed E-state index contributed by atoms with van der Waals surface area (Å²) in [7, 11) is 0. The van der Waals surface area contributed by atoms with Crippen LogP contribution in [0.2, 0.25) is 0 Å². The van der Waals surface area contributed by atoms with Gasteiger partial charge < -0.3 is 5.11 Å². The second-order valence-corrected chi connectivity index (χ2v) is 0.724. The molecule has 0 aliphatic heterocycles. The summed E-state index contributed by atoms with van der Waals surface area (Å²) in [6, 6.07) is 0. The molecule has 0 saturated heterocycles. The molecule has 0 saturated carbocycles. The topological polar surface area (TPSA) is 20.2 Å². The third-order valence-corrected chi connectivity index (χ3v) is 0.224. The van der Waals surface area contributed by atoms with Gasteiger partial charge in [0.15, 0.2) is 0 Å². The Morgan fingerprint density at radius 1 is 1.50 bits per heavy atom. The Labute approximate surface area is 65.0 Å². The highest BCUT2D eigenvalue weighted by molar-refractivity contribution is 8.93. The fourth-order valence-electron chi connectivity index (χ4n) is 0. The zero-order valence-corrected chi connectivity index (χ0v) is 4.98. The van der Waals surface area contributed by atoms with Gasteiger partial charge in [-0.15, -0.1) is 17.0 Å². The van der Waals surface area contributed by atoms with E-state index in [9.17, 15) is 0 Å². The first-order valence-corrected chi connectivity index (χ1v) is 1.52. The van der Waals surface area contributed by atoms with Crippen molar-refractivity contribution >= 4 is 40.0 Å². The maximum atomic E-state index is 7.88. The lowest BCUT2D eigenvalue weighted by atomic mass is 10.5. The van der Waals surface area contributed by atoms with Crippen molar-refractivity contribution in [3.8, 4) is 0 Å². The van der Waals surface area contributed by atoms with E-state index in [1.54, 1.807) is 0 Å². The minimum Gasteiger partial charge on any atom is -0.396 e. The second kappa shape index (κ2) is 16.4. The highest BCUT2D eigenvalue weighted by atomic mass is 79.9. The van der Waals surface area contributed by atoms with Crippen LogP contribution in [0, 0.1) is 0 Å². The molecule has 0 aromatic rings. The van der Waals surface area contributed by atoms with Crippen LogP contribution in [-0.4, -0.2) is 34.8 Å². The molecule has 0 unspecified atom stereocenters. The monoisotopic (exact) mass is 166 g/mol. The average molecular weight is 167 g/mol. The Bertz CT molecular complexity index is 12.8. The van der Waals surface area contributed by atoms with Crippen LogP contribution in [0.4, 0.5) is 0 Å². The van der Waals surface area contributed by atoms with Crippen molar-refractivity contribution in [2.75, 3.05) is 6.61 Å². The van der Waals surface area contributed by atoms with Crippen LogP contribution in [0.5, 0.6) is 0 Å². The van der Waals surface area contributed by atoms with Gasteiger partial charge in [-0.05, 0) is 6.42 Å². The van der Waals surface area contributed by atoms with Crippen LogP contribution in [0.1, 0.15) is 13.3 Å². The van der Waals surface area contributed by atoms with Gasteiger partial charge in [0.25, 0.3) is 0 Å². The van der Waals surface area contributed by atoms with Gasteiger partial charge in [0, 0.05) is 6.61 Å². The lowest BCUT2D eigenvalue weighted by Crippen LogP contribution is -1.69. The SMILES string of the molecule is Br.CCCO.[MgH2]. The fourth-order valence-corrected chi connectivity index (χ4v) is 0. The van der Waals surface area contributed by atoms with E-state index in [1.165, 1.54) is 0 Å². The fraction of sp³-hybridized carbons (Fsp3) is 1.00. The van der Waals surface area contributed by atoms with E-state index < -0.39 is 0 Å². The highest BCUT2D eigenvalue weighted by Crippen LogP contribution is 1.61. The van der Waals surface area contributed by atoms with Crippen molar-refractivity contribution in [1.82, 2.24) is 0 Å². The summed E-state index contributed by atoms with van der Waals surface area (Å²) in [5, 5.41) is 7.88. The van der Waals surface area contributed by atoms with Crippen molar-refractivity contribution in [1.29, 1.82) is 0 Å². The lowest BCUT2D eigenvalue weighted by Gasteiger charge is -1.69. The van der Waals surface area contributed by atoms with Crippen LogP contribution < -0.4 is 0 Å². The normalized spacial score (nSPS) is 5.00. The Balaban J connectivity index is -0.0000000450. The molecule has 0 radical (unpaired) electrons. The number of hydrogen-bond acceptors (Lipinski definition) is 1. The molecule has 38 valence electrons. The zero-order valence-electron chi connectivity index (χ0n) is 3.27. The summed E-state index contributed by atoms with van der Waals surface area (Å²) in [6.45, 7) is 2.25. The average Bonchev–Trinajstić information content (AvgIpc) is 1.37. The van der Waals surface area contributed by atoms with Gasteiger partial charge in [-0.1, -0.05) is 6.92 Å². The molecule has 0 bridgehead atoms. The largest absolute Gasteiger partial charge is 0.396 e. The van der Waals surface area contributed by atoms with Gasteiger partial charge in [-0.25, -0.2) is 0 Å². The first-order valence-electron chi connectivity index (χ1n) is 1.52. The minimum absolute atomic E-state index is 0. The lowest BCUT2D eigenvalue weighted by molar-refractivity contribution is 0.295. The number of aliphatic hydroxyl groups excluding tert-OH is 1. The molecule has 0 aliphatic carbocycles. The van der Waals surface area contributed by atoms with E-state index in [-0.39, 0.29) is 40.0 Å². The molecule has 1 N–H and O–H groups in total. The smallest absolute Gasteiger partial charge is 0.316 e. The molecule has 0 heterocycles. The van der Waals surface area contributed by atoms with E-state index in [4.69, 9.17) is 5.11 Å². The molecular weight excluding hydrogens is 156 g/mol. The molecule has 0 aliphatic rings. The Morgan fingerprint density at radius 3 is 1.67 bits per heavy atom. The summed E-state index contributed by atoms with van der Waals surface area (Å²) >= 11 is 0. The maximum Gasteiger partial charge on any atom is 0.316 e. The molecule has 0 rings (SSSR count). The molecule has 0 spiro atoms. The molecule has 6 heavy (non-hydrogen) atoms. The summed E-state index contributed by atoms with van der Waals surface area (Å²) in [5.41, 5.74) is 0. The van der Waals surface area contributed by atoms with Gasteiger partial charge in [0.05, 0.1) is 0 Å². The Hall–Kier alpha value is 1.21.